The van der Waals surface area contributed by atoms with Gasteiger partial charge in [-0.05, 0) is 32.8 Å². The van der Waals surface area contributed by atoms with E-state index in [1.54, 1.807) is 12.4 Å². The standard InChI is InChI=1S/C14H21NO2/c1-11(2)17-13-8-12(9-15-10-13)14(16)6-4-3-5-7-14/h8-11,16H,3-7H2,1-2H3. The van der Waals surface area contributed by atoms with Crippen molar-refractivity contribution in [2.24, 2.45) is 0 Å². The summed E-state index contributed by atoms with van der Waals surface area (Å²) in [4.78, 5) is 4.17. The Bertz CT molecular complexity index is 370. The molecule has 0 radical (unpaired) electrons. The first-order chi connectivity index (χ1) is 8.10. The van der Waals surface area contributed by atoms with Crippen LogP contribution >= 0.6 is 0 Å². The molecule has 2 rings (SSSR count). The molecule has 0 amide bonds. The summed E-state index contributed by atoms with van der Waals surface area (Å²) in [5, 5.41) is 10.6. The molecule has 1 N–H and O–H groups in total. The van der Waals surface area contributed by atoms with Crippen molar-refractivity contribution in [1.29, 1.82) is 0 Å². The number of hydrogen-bond donors (Lipinski definition) is 1. The molecule has 1 heterocycles. The molecule has 1 aromatic heterocycles. The van der Waals surface area contributed by atoms with Gasteiger partial charge in [0.05, 0.1) is 17.9 Å². The zero-order valence-corrected chi connectivity index (χ0v) is 10.6. The van der Waals surface area contributed by atoms with Gasteiger partial charge in [0.15, 0.2) is 0 Å². The number of ether oxygens (including phenoxy) is 1. The van der Waals surface area contributed by atoms with Crippen LogP contribution in [0.5, 0.6) is 5.75 Å². The van der Waals surface area contributed by atoms with Crippen LogP contribution in [0.3, 0.4) is 0 Å². The van der Waals surface area contributed by atoms with E-state index in [2.05, 4.69) is 4.98 Å². The van der Waals surface area contributed by atoms with E-state index in [4.69, 9.17) is 4.74 Å². The van der Waals surface area contributed by atoms with E-state index in [1.165, 1.54) is 6.42 Å². The Morgan fingerprint density at radius 1 is 1.24 bits per heavy atom. The van der Waals surface area contributed by atoms with Gasteiger partial charge < -0.3 is 9.84 Å². The highest BCUT2D eigenvalue weighted by atomic mass is 16.5. The SMILES string of the molecule is CC(C)Oc1cncc(C2(O)CCCCC2)c1. The predicted molar refractivity (Wildman–Crippen MR) is 67.0 cm³/mol. The molecular formula is C14H21NO2. The topological polar surface area (TPSA) is 42.4 Å². The van der Waals surface area contributed by atoms with Gasteiger partial charge in [0.25, 0.3) is 0 Å². The maximum absolute atomic E-state index is 10.6. The van der Waals surface area contributed by atoms with Crippen molar-refractivity contribution in [2.45, 2.75) is 57.7 Å². The number of aliphatic hydroxyl groups is 1. The summed E-state index contributed by atoms with van der Waals surface area (Å²) in [6.07, 6.45) is 8.66. The molecular weight excluding hydrogens is 214 g/mol. The molecule has 0 aliphatic heterocycles. The van der Waals surface area contributed by atoms with E-state index in [0.717, 1.165) is 37.0 Å². The number of hydrogen-bond acceptors (Lipinski definition) is 3. The minimum absolute atomic E-state index is 0.132. The van der Waals surface area contributed by atoms with Crippen molar-refractivity contribution in [2.75, 3.05) is 0 Å². The molecule has 94 valence electrons. The molecule has 17 heavy (non-hydrogen) atoms. The molecule has 1 aliphatic rings. The fourth-order valence-corrected chi connectivity index (χ4v) is 2.44. The molecule has 3 heteroatoms. The Hall–Kier alpha value is -1.09. The third kappa shape index (κ3) is 2.97. The van der Waals surface area contributed by atoms with Crippen LogP contribution in [0.15, 0.2) is 18.5 Å². The second-order valence-corrected chi connectivity index (χ2v) is 5.17. The monoisotopic (exact) mass is 235 g/mol. The zero-order chi connectivity index (χ0) is 12.3. The highest BCUT2D eigenvalue weighted by Crippen LogP contribution is 2.37. The number of aromatic nitrogens is 1. The Kier molecular flexibility index (Phi) is 3.67. The summed E-state index contributed by atoms with van der Waals surface area (Å²) < 4.78 is 5.62. The van der Waals surface area contributed by atoms with Crippen LogP contribution in [0, 0.1) is 0 Å². The van der Waals surface area contributed by atoms with Crippen molar-refractivity contribution >= 4 is 0 Å². The van der Waals surface area contributed by atoms with Crippen LogP contribution < -0.4 is 4.74 Å². The third-order valence-corrected chi connectivity index (χ3v) is 3.30. The van der Waals surface area contributed by atoms with Gasteiger partial charge in [-0.3, -0.25) is 4.98 Å². The highest BCUT2D eigenvalue weighted by molar-refractivity contribution is 5.28. The minimum atomic E-state index is -0.693. The van der Waals surface area contributed by atoms with E-state index >= 15 is 0 Å². The Labute approximate surface area is 103 Å². The Morgan fingerprint density at radius 3 is 2.59 bits per heavy atom. The van der Waals surface area contributed by atoms with Crippen LogP contribution in [-0.4, -0.2) is 16.2 Å². The molecule has 1 aliphatic carbocycles. The lowest BCUT2D eigenvalue weighted by atomic mass is 9.80. The lowest BCUT2D eigenvalue weighted by Gasteiger charge is -2.32. The summed E-state index contributed by atoms with van der Waals surface area (Å²) >= 11 is 0. The van der Waals surface area contributed by atoms with Gasteiger partial charge in [-0.1, -0.05) is 19.3 Å². The maximum Gasteiger partial charge on any atom is 0.138 e. The van der Waals surface area contributed by atoms with Gasteiger partial charge in [-0.2, -0.15) is 0 Å². The molecule has 0 atom stereocenters. The van der Waals surface area contributed by atoms with Crippen molar-refractivity contribution in [3.8, 4) is 5.75 Å². The normalized spacial score (nSPS) is 19.3. The molecule has 0 saturated heterocycles. The average molecular weight is 235 g/mol. The molecule has 3 nitrogen and oxygen atoms in total. The largest absolute Gasteiger partial charge is 0.489 e. The summed E-state index contributed by atoms with van der Waals surface area (Å²) in [7, 11) is 0. The van der Waals surface area contributed by atoms with Crippen molar-refractivity contribution < 1.29 is 9.84 Å². The molecule has 0 aromatic carbocycles. The fourth-order valence-electron chi connectivity index (χ4n) is 2.44. The summed E-state index contributed by atoms with van der Waals surface area (Å²) in [6, 6.07) is 1.93. The van der Waals surface area contributed by atoms with Crippen LogP contribution in [0.2, 0.25) is 0 Å². The lowest BCUT2D eigenvalue weighted by molar-refractivity contribution is -0.00122. The third-order valence-electron chi connectivity index (χ3n) is 3.30. The van der Waals surface area contributed by atoms with E-state index in [1.807, 2.05) is 19.9 Å². The van der Waals surface area contributed by atoms with Crippen LogP contribution in [0.4, 0.5) is 0 Å². The van der Waals surface area contributed by atoms with E-state index in [9.17, 15) is 5.11 Å². The first-order valence-electron chi connectivity index (χ1n) is 6.45. The Morgan fingerprint density at radius 2 is 1.94 bits per heavy atom. The van der Waals surface area contributed by atoms with Crippen LogP contribution in [-0.2, 0) is 5.60 Å². The summed E-state index contributed by atoms with van der Waals surface area (Å²) in [5.74, 6) is 0.747. The highest BCUT2D eigenvalue weighted by Gasteiger charge is 2.31. The molecule has 0 spiro atoms. The first kappa shape index (κ1) is 12.4. The average Bonchev–Trinajstić information content (AvgIpc) is 2.29. The van der Waals surface area contributed by atoms with Gasteiger partial charge in [-0.15, -0.1) is 0 Å². The van der Waals surface area contributed by atoms with Crippen LogP contribution in [0.25, 0.3) is 0 Å². The van der Waals surface area contributed by atoms with E-state index in [-0.39, 0.29) is 6.10 Å². The van der Waals surface area contributed by atoms with Gasteiger partial charge in [0.1, 0.15) is 5.75 Å². The van der Waals surface area contributed by atoms with E-state index < -0.39 is 5.60 Å². The second kappa shape index (κ2) is 5.05. The fraction of sp³-hybridized carbons (Fsp3) is 0.643. The molecule has 1 aromatic rings. The minimum Gasteiger partial charge on any atom is -0.489 e. The van der Waals surface area contributed by atoms with Crippen molar-refractivity contribution in [3.05, 3.63) is 24.0 Å². The molecule has 1 fully saturated rings. The predicted octanol–water partition coefficient (Wildman–Crippen LogP) is 3.02. The first-order valence-corrected chi connectivity index (χ1v) is 6.45. The van der Waals surface area contributed by atoms with Crippen molar-refractivity contribution in [3.63, 3.8) is 0 Å². The number of rotatable bonds is 3. The Balaban J connectivity index is 2.19. The quantitative estimate of drug-likeness (QED) is 0.875. The second-order valence-electron chi connectivity index (χ2n) is 5.17. The zero-order valence-electron chi connectivity index (χ0n) is 10.6. The molecule has 0 unspecified atom stereocenters. The van der Waals surface area contributed by atoms with Gasteiger partial charge >= 0.3 is 0 Å². The smallest absolute Gasteiger partial charge is 0.138 e. The van der Waals surface area contributed by atoms with E-state index in [0.29, 0.717) is 0 Å². The van der Waals surface area contributed by atoms with Gasteiger partial charge in [-0.25, -0.2) is 0 Å². The van der Waals surface area contributed by atoms with Gasteiger partial charge in [0, 0.05) is 11.8 Å². The van der Waals surface area contributed by atoms with Crippen LogP contribution in [0.1, 0.15) is 51.5 Å². The maximum atomic E-state index is 10.6. The number of nitrogens with zero attached hydrogens (tertiary/aromatic N) is 1. The molecule has 1 saturated carbocycles. The summed E-state index contributed by atoms with van der Waals surface area (Å²) in [5.41, 5.74) is 0.206. The van der Waals surface area contributed by atoms with Gasteiger partial charge in [0.2, 0.25) is 0 Å². The molecule has 0 bridgehead atoms. The lowest BCUT2D eigenvalue weighted by Crippen LogP contribution is -2.28. The van der Waals surface area contributed by atoms with Crippen molar-refractivity contribution in [1.82, 2.24) is 4.98 Å². The number of pyridine rings is 1. The summed E-state index contributed by atoms with van der Waals surface area (Å²) in [6.45, 7) is 3.98.